The molecule has 0 spiro atoms. The molecule has 0 aliphatic heterocycles. The highest BCUT2D eigenvalue weighted by atomic mass is 35.5. The summed E-state index contributed by atoms with van der Waals surface area (Å²) in [6.07, 6.45) is 0. The summed E-state index contributed by atoms with van der Waals surface area (Å²) in [7, 11) is 0. The summed E-state index contributed by atoms with van der Waals surface area (Å²) in [6.45, 7) is 1.25. The number of benzene rings is 2. The van der Waals surface area contributed by atoms with E-state index in [9.17, 15) is 0 Å². The lowest BCUT2D eigenvalue weighted by Crippen LogP contribution is -2.05. The van der Waals surface area contributed by atoms with E-state index in [2.05, 4.69) is 0 Å². The Kier molecular flexibility index (Phi) is 7.07. The van der Waals surface area contributed by atoms with E-state index in [-0.39, 0.29) is 0 Å². The van der Waals surface area contributed by atoms with Crippen molar-refractivity contribution in [3.8, 4) is 11.5 Å². The lowest BCUT2D eigenvalue weighted by molar-refractivity contribution is 0.339. The van der Waals surface area contributed by atoms with Crippen LogP contribution < -0.4 is 9.47 Å². The molecule has 112 valence electrons. The molecular formula is C16H16Cl2O2S. The number of rotatable bonds is 8. The zero-order valence-corrected chi connectivity index (χ0v) is 13.8. The van der Waals surface area contributed by atoms with Crippen LogP contribution in [0.15, 0.2) is 48.5 Å². The lowest BCUT2D eigenvalue weighted by atomic mass is 10.3. The second-order valence-electron chi connectivity index (χ2n) is 4.17. The van der Waals surface area contributed by atoms with Crippen LogP contribution in [0.4, 0.5) is 0 Å². The lowest BCUT2D eigenvalue weighted by Gasteiger charge is -2.09. The van der Waals surface area contributed by atoms with Crippen LogP contribution in [0.5, 0.6) is 11.5 Å². The van der Waals surface area contributed by atoms with E-state index < -0.39 is 0 Å². The van der Waals surface area contributed by atoms with Crippen LogP contribution >= 0.6 is 35.0 Å². The van der Waals surface area contributed by atoms with Crippen LogP contribution in [-0.4, -0.2) is 24.7 Å². The van der Waals surface area contributed by atoms with Gasteiger partial charge in [0, 0.05) is 11.5 Å². The van der Waals surface area contributed by atoms with Gasteiger partial charge in [-0.2, -0.15) is 11.8 Å². The number of thioether (sulfide) groups is 1. The van der Waals surface area contributed by atoms with Crippen LogP contribution in [0.2, 0.25) is 10.0 Å². The second-order valence-corrected chi connectivity index (χ2v) is 6.21. The molecule has 2 aromatic rings. The highest BCUT2D eigenvalue weighted by Gasteiger charge is 2.01. The van der Waals surface area contributed by atoms with Crippen molar-refractivity contribution in [2.24, 2.45) is 0 Å². The van der Waals surface area contributed by atoms with Gasteiger partial charge in [0.2, 0.25) is 0 Å². The van der Waals surface area contributed by atoms with Crippen LogP contribution in [-0.2, 0) is 0 Å². The predicted molar refractivity (Wildman–Crippen MR) is 91.2 cm³/mol. The van der Waals surface area contributed by atoms with Gasteiger partial charge in [0.25, 0.3) is 0 Å². The third-order valence-corrected chi connectivity index (χ3v) is 4.18. The van der Waals surface area contributed by atoms with Crippen molar-refractivity contribution in [1.82, 2.24) is 0 Å². The summed E-state index contributed by atoms with van der Waals surface area (Å²) in [5.74, 6) is 3.23. The molecule has 0 amide bonds. The second kappa shape index (κ2) is 9.08. The Hall–Kier alpha value is -1.03. The first kappa shape index (κ1) is 16.3. The first-order valence-electron chi connectivity index (χ1n) is 6.60. The number of halogens is 2. The van der Waals surface area contributed by atoms with Crippen LogP contribution in [0.3, 0.4) is 0 Å². The molecule has 0 fully saturated rings. The zero-order chi connectivity index (χ0) is 14.9. The molecule has 0 N–H and O–H groups in total. The number of para-hydroxylation sites is 2. The van der Waals surface area contributed by atoms with Gasteiger partial charge < -0.3 is 9.47 Å². The normalized spacial score (nSPS) is 10.4. The van der Waals surface area contributed by atoms with Gasteiger partial charge in [-0.25, -0.2) is 0 Å². The van der Waals surface area contributed by atoms with Gasteiger partial charge in [-0.05, 0) is 24.3 Å². The molecule has 0 atom stereocenters. The monoisotopic (exact) mass is 342 g/mol. The summed E-state index contributed by atoms with van der Waals surface area (Å²) in [4.78, 5) is 0. The van der Waals surface area contributed by atoms with Gasteiger partial charge in [0.1, 0.15) is 11.5 Å². The fourth-order valence-electron chi connectivity index (χ4n) is 1.65. The number of hydrogen-bond acceptors (Lipinski definition) is 3. The molecule has 5 heteroatoms. The minimum absolute atomic E-state index is 0.625. The minimum Gasteiger partial charge on any atom is -0.491 e. The first-order valence-corrected chi connectivity index (χ1v) is 8.51. The van der Waals surface area contributed by atoms with Crippen molar-refractivity contribution in [1.29, 1.82) is 0 Å². The predicted octanol–water partition coefficient (Wildman–Crippen LogP) is 5.18. The van der Waals surface area contributed by atoms with Gasteiger partial charge in [-0.3, -0.25) is 0 Å². The van der Waals surface area contributed by atoms with Crippen LogP contribution in [0.1, 0.15) is 0 Å². The summed E-state index contributed by atoms with van der Waals surface area (Å²) in [5.41, 5.74) is 0. The largest absolute Gasteiger partial charge is 0.491 e. The molecule has 0 saturated heterocycles. The fourth-order valence-corrected chi connectivity index (χ4v) is 2.63. The summed E-state index contributed by atoms with van der Waals surface area (Å²) < 4.78 is 11.2. The quantitative estimate of drug-likeness (QED) is 0.615. The van der Waals surface area contributed by atoms with Gasteiger partial charge >= 0.3 is 0 Å². The molecule has 0 bridgehead atoms. The molecule has 2 aromatic carbocycles. The Balaban J connectivity index is 1.57. The Morgan fingerprint density at radius 2 is 1.14 bits per heavy atom. The van der Waals surface area contributed by atoms with Gasteiger partial charge in [0.15, 0.2) is 0 Å². The molecule has 2 rings (SSSR count). The molecule has 0 aliphatic rings. The summed E-state index contributed by atoms with van der Waals surface area (Å²) in [6, 6.07) is 15.0. The van der Waals surface area contributed by atoms with Crippen molar-refractivity contribution >= 4 is 35.0 Å². The SMILES string of the molecule is Clc1ccccc1OCCSCCOc1ccccc1Cl. The molecule has 0 heterocycles. The van der Waals surface area contributed by atoms with E-state index in [1.54, 1.807) is 11.8 Å². The zero-order valence-electron chi connectivity index (χ0n) is 11.4. The topological polar surface area (TPSA) is 18.5 Å². The Morgan fingerprint density at radius 1 is 0.714 bits per heavy atom. The minimum atomic E-state index is 0.625. The highest BCUT2D eigenvalue weighted by Crippen LogP contribution is 2.24. The van der Waals surface area contributed by atoms with Crippen molar-refractivity contribution < 1.29 is 9.47 Å². The van der Waals surface area contributed by atoms with E-state index in [1.807, 2.05) is 48.5 Å². The van der Waals surface area contributed by atoms with Gasteiger partial charge in [0.05, 0.1) is 23.3 Å². The molecular weight excluding hydrogens is 327 g/mol. The maximum atomic E-state index is 6.01. The average molecular weight is 343 g/mol. The molecule has 0 aliphatic carbocycles. The maximum absolute atomic E-state index is 6.01. The third-order valence-electron chi connectivity index (χ3n) is 2.64. The van der Waals surface area contributed by atoms with E-state index in [0.717, 1.165) is 23.0 Å². The van der Waals surface area contributed by atoms with Crippen molar-refractivity contribution in [2.75, 3.05) is 24.7 Å². The van der Waals surface area contributed by atoms with E-state index in [4.69, 9.17) is 32.7 Å². The van der Waals surface area contributed by atoms with E-state index in [0.29, 0.717) is 23.3 Å². The van der Waals surface area contributed by atoms with Crippen molar-refractivity contribution in [3.63, 3.8) is 0 Å². The highest BCUT2D eigenvalue weighted by molar-refractivity contribution is 7.99. The van der Waals surface area contributed by atoms with E-state index in [1.165, 1.54) is 0 Å². The standard InChI is InChI=1S/C16H16Cl2O2S/c17-13-5-1-3-7-15(13)19-9-11-21-12-10-20-16-8-4-2-6-14(16)18/h1-8H,9-12H2. The molecule has 0 aromatic heterocycles. The van der Waals surface area contributed by atoms with Gasteiger partial charge in [-0.15, -0.1) is 0 Å². The molecule has 0 unspecified atom stereocenters. The fraction of sp³-hybridized carbons (Fsp3) is 0.250. The van der Waals surface area contributed by atoms with Crippen molar-refractivity contribution in [3.05, 3.63) is 58.6 Å². The number of ether oxygens (including phenoxy) is 2. The molecule has 2 nitrogen and oxygen atoms in total. The number of hydrogen-bond donors (Lipinski definition) is 0. The van der Waals surface area contributed by atoms with Crippen molar-refractivity contribution in [2.45, 2.75) is 0 Å². The van der Waals surface area contributed by atoms with Crippen LogP contribution in [0.25, 0.3) is 0 Å². The van der Waals surface area contributed by atoms with E-state index >= 15 is 0 Å². The average Bonchev–Trinajstić information content (AvgIpc) is 2.50. The maximum Gasteiger partial charge on any atom is 0.137 e. The summed E-state index contributed by atoms with van der Waals surface area (Å²) >= 11 is 13.8. The Bertz CT molecular complexity index is 514. The Labute approximate surface area is 139 Å². The molecule has 21 heavy (non-hydrogen) atoms. The smallest absolute Gasteiger partial charge is 0.137 e. The summed E-state index contributed by atoms with van der Waals surface area (Å²) in [5, 5.41) is 1.29. The molecule has 0 saturated carbocycles. The molecule has 0 radical (unpaired) electrons. The van der Waals surface area contributed by atoms with Gasteiger partial charge in [-0.1, -0.05) is 47.5 Å². The Morgan fingerprint density at radius 3 is 1.57 bits per heavy atom. The first-order chi connectivity index (χ1) is 10.3. The van der Waals surface area contributed by atoms with Crippen LogP contribution in [0, 0.1) is 0 Å². The third kappa shape index (κ3) is 5.70.